The normalized spacial score (nSPS) is 19.2. The molecule has 1 aromatic carbocycles. The van der Waals surface area contributed by atoms with Crippen LogP contribution in [0.15, 0.2) is 95.8 Å². The molecule has 162 valence electrons. The van der Waals surface area contributed by atoms with Gasteiger partial charge in [-0.25, -0.2) is 0 Å². The minimum atomic E-state index is -1.08. The minimum Gasteiger partial charge on any atom is -0.870 e. The Bertz CT molecular complexity index is 1040. The van der Waals surface area contributed by atoms with Gasteiger partial charge in [-0.15, -0.1) is 0 Å². The molecule has 32 heavy (non-hydrogen) atoms. The fourth-order valence-electron chi connectivity index (χ4n) is 3.09. The number of carboxylic acids is 1. The molecule has 1 aliphatic heterocycles. The van der Waals surface area contributed by atoms with Crippen LogP contribution < -0.4 is 25.1 Å². The molecule has 9 heteroatoms. The summed E-state index contributed by atoms with van der Waals surface area (Å²) in [6.45, 7) is 1.31. The zero-order chi connectivity index (χ0) is 22.5. The molecule has 0 spiro atoms. The number of allylic oxidation sites excluding steroid dienone is 8. The minimum absolute atomic E-state index is 0. The summed E-state index contributed by atoms with van der Waals surface area (Å²) in [5.41, 5.74) is 2.25. The zero-order valence-electron chi connectivity index (χ0n) is 16.9. The average molecular weight is 472 g/mol. The van der Waals surface area contributed by atoms with Gasteiger partial charge in [0.25, 0.3) is 0 Å². The first-order valence-corrected chi connectivity index (χ1v) is 9.21. The zero-order valence-corrected chi connectivity index (χ0v) is 18.0. The number of carbonyl (C=O) groups is 3. The van der Waals surface area contributed by atoms with Crippen LogP contribution in [-0.4, -0.2) is 24.2 Å². The van der Waals surface area contributed by atoms with Crippen LogP contribution in [0.3, 0.4) is 0 Å². The smallest absolute Gasteiger partial charge is 0.870 e. The van der Waals surface area contributed by atoms with Crippen molar-refractivity contribution in [3.05, 3.63) is 95.8 Å². The molecule has 0 aromatic heterocycles. The molecule has 0 radical (unpaired) electrons. The number of anilines is 2. The van der Waals surface area contributed by atoms with E-state index in [-0.39, 0.29) is 17.1 Å². The molecule has 1 aromatic rings. The molecule has 0 saturated carbocycles. The summed E-state index contributed by atoms with van der Waals surface area (Å²) in [6, 6.07) is 7.49. The van der Waals surface area contributed by atoms with E-state index >= 15 is 0 Å². The Kier molecular flexibility index (Phi) is 8.01. The summed E-state index contributed by atoms with van der Waals surface area (Å²) in [5, 5.41) is 32.1. The van der Waals surface area contributed by atoms with Crippen LogP contribution in [0.2, 0.25) is 0 Å². The maximum atomic E-state index is 12.1. The molecule has 0 bridgehead atoms. The van der Waals surface area contributed by atoms with E-state index in [4.69, 9.17) is 9.90 Å². The molecule has 0 unspecified atom stereocenters. The van der Waals surface area contributed by atoms with E-state index in [1.165, 1.54) is 12.2 Å². The Labute approximate surface area is 194 Å². The van der Waals surface area contributed by atoms with E-state index in [9.17, 15) is 19.8 Å². The van der Waals surface area contributed by atoms with E-state index in [1.54, 1.807) is 36.7 Å². The third-order valence-corrected chi connectivity index (χ3v) is 4.41. The van der Waals surface area contributed by atoms with Gasteiger partial charge in [-0.3, -0.25) is 9.59 Å². The van der Waals surface area contributed by atoms with Gasteiger partial charge in [-0.2, -0.15) is 0 Å². The molecule has 0 N–H and O–H groups in total. The van der Waals surface area contributed by atoms with Crippen molar-refractivity contribution in [2.45, 2.75) is 6.92 Å². The first-order valence-electron chi connectivity index (χ1n) is 9.21. The maximum absolute atomic E-state index is 12.1. The number of fused-ring (bicyclic) bond motifs is 1. The van der Waals surface area contributed by atoms with E-state index in [1.807, 2.05) is 34.1 Å². The summed E-state index contributed by atoms with van der Waals surface area (Å²) >= 11 is 0. The number of hydrogen-bond donors (Lipinski definition) is 0. The molecule has 8 nitrogen and oxygen atoms in total. The second-order valence-electron chi connectivity index (χ2n) is 6.67. The number of para-hydroxylation sites is 2. The topological polar surface area (TPSA) is 127 Å². The van der Waals surface area contributed by atoms with Crippen molar-refractivity contribution in [3.8, 4) is 0 Å². The Hall–Kier alpha value is -3.81. The van der Waals surface area contributed by atoms with Crippen molar-refractivity contribution >= 4 is 28.9 Å². The van der Waals surface area contributed by atoms with Gasteiger partial charge in [-0.1, -0.05) is 48.0 Å². The summed E-state index contributed by atoms with van der Waals surface area (Å²) in [5.74, 6) is -3.30. The van der Waals surface area contributed by atoms with Crippen molar-refractivity contribution in [1.29, 1.82) is 0 Å². The van der Waals surface area contributed by atoms with Gasteiger partial charge < -0.3 is 29.9 Å². The average Bonchev–Trinajstić information content (AvgIpc) is 3.06. The second kappa shape index (κ2) is 10.5. The number of aliphatic carboxylic acids is 1. The number of hydrogen-bond acceptors (Lipinski definition) is 8. The van der Waals surface area contributed by atoms with Crippen molar-refractivity contribution in [3.63, 3.8) is 0 Å². The molecule has 0 amide bonds. The Morgan fingerprint density at radius 2 is 1.25 bits per heavy atom. The van der Waals surface area contributed by atoms with Gasteiger partial charge in [0.05, 0.1) is 18.0 Å². The first kappa shape index (κ1) is 24.5. The van der Waals surface area contributed by atoms with Gasteiger partial charge in [0.15, 0.2) is 11.6 Å². The van der Waals surface area contributed by atoms with Crippen LogP contribution in [0.1, 0.15) is 6.92 Å². The maximum Gasteiger partial charge on any atom is 3.00 e. The number of rotatable bonds is 2. The van der Waals surface area contributed by atoms with Crippen LogP contribution in [-0.2, 0) is 31.5 Å². The van der Waals surface area contributed by atoms with Gasteiger partial charge in [-0.05, 0) is 31.2 Å². The van der Waals surface area contributed by atoms with Crippen LogP contribution in [0.4, 0.5) is 11.4 Å². The second-order valence-corrected chi connectivity index (χ2v) is 6.67. The van der Waals surface area contributed by atoms with Gasteiger partial charge in [0.1, 0.15) is 0 Å². The molecular weight excluding hydrogens is 455 g/mol. The number of carbonyl (C=O) groups excluding carboxylic acids is 3. The summed E-state index contributed by atoms with van der Waals surface area (Å²) in [6.07, 6.45) is 12.0. The number of Topliss-reactive ketones (excluding diaryl/α,β-unsaturated/α-hetero) is 2. The van der Waals surface area contributed by atoms with Crippen molar-refractivity contribution in [1.82, 2.24) is 0 Å². The number of nitrogens with zero attached hydrogens (tertiary/aromatic N) is 2. The van der Waals surface area contributed by atoms with Crippen molar-refractivity contribution < 1.29 is 46.8 Å². The number of carboxylic acid groups (broad SMARTS) is 1. The van der Waals surface area contributed by atoms with Gasteiger partial charge >= 0.3 is 17.1 Å². The summed E-state index contributed by atoms with van der Waals surface area (Å²) in [4.78, 5) is 36.7. The van der Waals surface area contributed by atoms with Crippen LogP contribution in [0.5, 0.6) is 0 Å². The fraction of sp³-hybridized carbons (Fsp3) is 0.0870. The van der Waals surface area contributed by atoms with Crippen LogP contribution in [0, 0.1) is 0 Å². The Morgan fingerprint density at radius 1 is 0.875 bits per heavy atom. The molecule has 4 rings (SSSR count). The molecule has 2 aliphatic carbocycles. The SMILES string of the molecule is CC(=O)[O-].O=C1C([O-])=CC=C/C1=C\N1CN(/C=C2\C=CC=C([O-])C2=O)c2ccccc21.[Mn+3]. The van der Waals surface area contributed by atoms with E-state index < -0.39 is 29.1 Å². The predicted octanol–water partition coefficient (Wildman–Crippen LogP) is -0.442. The van der Waals surface area contributed by atoms with Crippen LogP contribution >= 0.6 is 0 Å². The predicted molar refractivity (Wildman–Crippen MR) is 108 cm³/mol. The van der Waals surface area contributed by atoms with E-state index in [2.05, 4.69) is 0 Å². The molecular formula is C23H17MnN2O6. The summed E-state index contributed by atoms with van der Waals surface area (Å²) < 4.78 is 0. The van der Waals surface area contributed by atoms with Crippen molar-refractivity contribution in [2.24, 2.45) is 0 Å². The quantitative estimate of drug-likeness (QED) is 0.419. The number of benzene rings is 1. The Balaban J connectivity index is 0.000000672. The largest absolute Gasteiger partial charge is 3.00 e. The molecule has 0 atom stereocenters. The standard InChI is InChI=1S/C21H16N2O4.C2H4O2.Mn/c24-18-9-3-5-14(20(18)26)11-22-13-23(17-8-2-1-7-16(17)22)12-15-6-4-10-19(25)21(15)27;1-2(3)4;/h1-12,24-25H,13H2;1H3,(H,3,4);/q;;+3/p-3/b14-11+,15-12+;;. The van der Waals surface area contributed by atoms with E-state index in [0.717, 1.165) is 18.3 Å². The Morgan fingerprint density at radius 3 is 1.62 bits per heavy atom. The molecule has 1 heterocycles. The van der Waals surface area contributed by atoms with Gasteiger partial charge in [0, 0.05) is 29.5 Å². The van der Waals surface area contributed by atoms with Crippen LogP contribution in [0.25, 0.3) is 0 Å². The molecule has 3 aliphatic rings. The third-order valence-electron chi connectivity index (χ3n) is 4.41. The van der Waals surface area contributed by atoms with E-state index in [0.29, 0.717) is 17.8 Å². The molecule has 0 fully saturated rings. The van der Waals surface area contributed by atoms with Crippen molar-refractivity contribution in [2.75, 3.05) is 16.5 Å². The van der Waals surface area contributed by atoms with Gasteiger partial charge in [0.2, 0.25) is 0 Å². The number of ketones is 2. The third kappa shape index (κ3) is 5.46. The molecule has 0 saturated heterocycles. The fourth-order valence-corrected chi connectivity index (χ4v) is 3.09. The summed E-state index contributed by atoms with van der Waals surface area (Å²) in [7, 11) is 0. The first-order chi connectivity index (χ1) is 14.8. The monoisotopic (exact) mass is 472 g/mol.